The van der Waals surface area contributed by atoms with Crippen LogP contribution >= 0.6 is 0 Å². The molecule has 1 aliphatic rings. The van der Waals surface area contributed by atoms with Gasteiger partial charge in [-0.05, 0) is 43.5 Å². The van der Waals surface area contributed by atoms with Gasteiger partial charge in [0.15, 0.2) is 0 Å². The summed E-state index contributed by atoms with van der Waals surface area (Å²) in [5, 5.41) is 10.2. The van der Waals surface area contributed by atoms with Crippen LogP contribution in [0.3, 0.4) is 0 Å². The molecule has 2 aromatic heterocycles. The molecule has 2 heterocycles. The number of fused-ring (bicyclic) bond motifs is 1. The minimum absolute atomic E-state index is 0.0356. The summed E-state index contributed by atoms with van der Waals surface area (Å²) < 4.78 is 42.1. The highest BCUT2D eigenvalue weighted by Gasteiger charge is 2.44. The van der Waals surface area contributed by atoms with Crippen LogP contribution in [-0.2, 0) is 12.7 Å². The molecular weight excluding hydrogens is 365 g/mol. The van der Waals surface area contributed by atoms with Crippen LogP contribution in [0, 0.1) is 16.7 Å². The van der Waals surface area contributed by atoms with Gasteiger partial charge in [-0.1, -0.05) is 18.2 Å². The maximum absolute atomic E-state index is 13.4. The second kappa shape index (κ2) is 6.35. The van der Waals surface area contributed by atoms with Crippen LogP contribution < -0.4 is 5.73 Å². The monoisotopic (exact) mass is 384 g/mol. The Morgan fingerprint density at radius 3 is 2.57 bits per heavy atom. The van der Waals surface area contributed by atoms with Crippen molar-refractivity contribution in [3.05, 3.63) is 53.7 Å². The molecule has 2 N–H and O–H groups in total. The van der Waals surface area contributed by atoms with Crippen molar-refractivity contribution < 1.29 is 13.2 Å². The van der Waals surface area contributed by atoms with E-state index in [4.69, 9.17) is 5.73 Å². The molecule has 0 saturated heterocycles. The van der Waals surface area contributed by atoms with Crippen molar-refractivity contribution >= 4 is 11.0 Å². The van der Waals surface area contributed by atoms with Crippen molar-refractivity contribution in [1.29, 1.82) is 5.26 Å². The average molecular weight is 384 g/mol. The minimum Gasteiger partial charge on any atom is -0.331 e. The lowest BCUT2D eigenvalue weighted by atomic mass is 10.0. The molecule has 0 bridgehead atoms. The number of alkyl halides is 3. The lowest BCUT2D eigenvalue weighted by molar-refractivity contribution is -0.137. The van der Waals surface area contributed by atoms with Crippen molar-refractivity contribution in [1.82, 2.24) is 9.55 Å². The minimum atomic E-state index is -4.47. The molecule has 0 aliphatic heterocycles. The Bertz CT molecular complexity index is 1090. The lowest BCUT2D eigenvalue weighted by Crippen LogP contribution is -2.10. The van der Waals surface area contributed by atoms with Crippen LogP contribution in [0.5, 0.6) is 0 Å². The Morgan fingerprint density at radius 1 is 1.25 bits per heavy atom. The molecule has 1 aromatic carbocycles. The van der Waals surface area contributed by atoms with Crippen molar-refractivity contribution in [3.63, 3.8) is 0 Å². The first kappa shape index (κ1) is 18.5. The maximum Gasteiger partial charge on any atom is 0.417 e. The van der Waals surface area contributed by atoms with E-state index in [-0.39, 0.29) is 17.3 Å². The Labute approximate surface area is 160 Å². The molecule has 4 rings (SSSR count). The molecule has 1 fully saturated rings. The van der Waals surface area contributed by atoms with E-state index in [1.165, 1.54) is 12.1 Å². The van der Waals surface area contributed by atoms with Gasteiger partial charge in [0, 0.05) is 29.7 Å². The zero-order valence-electron chi connectivity index (χ0n) is 15.3. The molecule has 1 saturated carbocycles. The summed E-state index contributed by atoms with van der Waals surface area (Å²) >= 11 is 0. The summed E-state index contributed by atoms with van der Waals surface area (Å²) in [6, 6.07) is 10.9. The zero-order valence-corrected chi connectivity index (χ0v) is 15.3. The Balaban J connectivity index is 1.89. The van der Waals surface area contributed by atoms with Gasteiger partial charge in [-0.25, -0.2) is 4.98 Å². The number of benzene rings is 1. The third kappa shape index (κ3) is 3.14. The van der Waals surface area contributed by atoms with Gasteiger partial charge >= 0.3 is 6.18 Å². The van der Waals surface area contributed by atoms with Crippen molar-refractivity contribution in [3.8, 4) is 17.3 Å². The average Bonchev–Trinajstić information content (AvgIpc) is 3.35. The van der Waals surface area contributed by atoms with E-state index in [0.29, 0.717) is 12.2 Å². The molecule has 3 aromatic rings. The predicted molar refractivity (Wildman–Crippen MR) is 100 cm³/mol. The number of rotatable bonds is 4. The molecule has 4 nitrogen and oxygen atoms in total. The first-order valence-corrected chi connectivity index (χ1v) is 9.07. The summed E-state index contributed by atoms with van der Waals surface area (Å²) in [4.78, 5) is 4.57. The highest BCUT2D eigenvalue weighted by atomic mass is 19.4. The molecule has 0 amide bonds. The van der Waals surface area contributed by atoms with Gasteiger partial charge in [-0.15, -0.1) is 0 Å². The third-order valence-electron chi connectivity index (χ3n) is 5.32. The fourth-order valence-electron chi connectivity index (χ4n) is 3.56. The number of aromatic nitrogens is 2. The summed E-state index contributed by atoms with van der Waals surface area (Å²) in [5.74, 6) is 0. The van der Waals surface area contributed by atoms with E-state index < -0.39 is 17.2 Å². The summed E-state index contributed by atoms with van der Waals surface area (Å²) in [6.07, 6.45) is -0.967. The number of pyridine rings is 1. The molecular formula is C21H19F3N4. The highest BCUT2D eigenvalue weighted by molar-refractivity contribution is 5.84. The Hall–Kier alpha value is -2.85. The molecule has 0 radical (unpaired) electrons. The second-order valence-corrected chi connectivity index (χ2v) is 7.50. The highest BCUT2D eigenvalue weighted by Crippen LogP contribution is 2.47. The topological polar surface area (TPSA) is 67.6 Å². The van der Waals surface area contributed by atoms with E-state index in [0.717, 1.165) is 29.9 Å². The van der Waals surface area contributed by atoms with Crippen LogP contribution in [0.2, 0.25) is 0 Å². The zero-order chi connectivity index (χ0) is 20.1. The Kier molecular flexibility index (Phi) is 4.20. The van der Waals surface area contributed by atoms with Crippen LogP contribution in [0.1, 0.15) is 36.9 Å². The summed E-state index contributed by atoms with van der Waals surface area (Å²) in [5.41, 5.74) is 6.66. The van der Waals surface area contributed by atoms with Gasteiger partial charge in [0.25, 0.3) is 0 Å². The number of nitrogens with zero attached hydrogens (tertiary/aromatic N) is 3. The van der Waals surface area contributed by atoms with E-state index in [1.807, 2.05) is 17.7 Å². The number of hydrogen-bond donors (Lipinski definition) is 1. The first-order chi connectivity index (χ1) is 13.2. The lowest BCUT2D eigenvalue weighted by Gasteiger charge is -2.13. The van der Waals surface area contributed by atoms with Gasteiger partial charge in [0.2, 0.25) is 0 Å². The molecule has 1 unspecified atom stereocenters. The van der Waals surface area contributed by atoms with Gasteiger partial charge in [-0.2, -0.15) is 18.4 Å². The second-order valence-electron chi connectivity index (χ2n) is 7.50. The fourth-order valence-corrected chi connectivity index (χ4v) is 3.56. The third-order valence-corrected chi connectivity index (χ3v) is 5.32. The summed E-state index contributed by atoms with van der Waals surface area (Å²) in [7, 11) is 0. The maximum atomic E-state index is 13.4. The molecule has 7 heteroatoms. The van der Waals surface area contributed by atoms with E-state index in [2.05, 4.69) is 11.1 Å². The van der Waals surface area contributed by atoms with Gasteiger partial charge in [-0.3, -0.25) is 0 Å². The molecule has 144 valence electrons. The van der Waals surface area contributed by atoms with E-state index in [1.54, 1.807) is 18.2 Å². The summed E-state index contributed by atoms with van der Waals surface area (Å²) in [6.45, 7) is 2.31. The number of nitriles is 1. The normalized spacial score (nSPS) is 16.7. The van der Waals surface area contributed by atoms with Crippen LogP contribution in [-0.4, -0.2) is 9.55 Å². The largest absolute Gasteiger partial charge is 0.417 e. The van der Waals surface area contributed by atoms with Gasteiger partial charge in [0.05, 0.1) is 22.7 Å². The Morgan fingerprint density at radius 2 is 1.96 bits per heavy atom. The molecule has 0 spiro atoms. The van der Waals surface area contributed by atoms with Crippen LogP contribution in [0.25, 0.3) is 22.3 Å². The molecule has 28 heavy (non-hydrogen) atoms. The van der Waals surface area contributed by atoms with E-state index >= 15 is 0 Å². The van der Waals surface area contributed by atoms with Crippen molar-refractivity contribution in [2.24, 2.45) is 11.1 Å². The smallest absolute Gasteiger partial charge is 0.331 e. The number of hydrogen-bond acceptors (Lipinski definition) is 3. The molecule has 1 atom stereocenters. The van der Waals surface area contributed by atoms with E-state index in [9.17, 15) is 18.4 Å². The quantitative estimate of drug-likeness (QED) is 0.685. The predicted octanol–water partition coefficient (Wildman–Crippen LogP) is 5.05. The molecule has 1 aliphatic carbocycles. The van der Waals surface area contributed by atoms with Crippen molar-refractivity contribution in [2.45, 2.75) is 38.5 Å². The number of nitrogens with two attached hydrogens (primary N) is 1. The fraction of sp³-hybridized carbons (Fsp3) is 0.333. The van der Waals surface area contributed by atoms with Gasteiger partial charge in [0.1, 0.15) is 5.65 Å². The number of halogens is 3. The van der Waals surface area contributed by atoms with Crippen LogP contribution in [0.15, 0.2) is 42.6 Å². The van der Waals surface area contributed by atoms with Gasteiger partial charge < -0.3 is 10.3 Å². The standard InChI is InChI=1S/C21H19F3N4/c1-13(26)16-10-28(12-20(11-25)8-9-20)19-14(16)6-7-18(27-19)15-4-2-3-5-17(15)21(22,23)24/h2-7,10,13H,8-9,12,26H2,1H3. The first-order valence-electron chi connectivity index (χ1n) is 9.07. The van der Waals surface area contributed by atoms with Crippen LogP contribution in [0.4, 0.5) is 13.2 Å². The SMILES string of the molecule is CC(N)c1cn(CC2(C#N)CC2)c2nc(-c3ccccc3C(F)(F)F)ccc12. The van der Waals surface area contributed by atoms with Crippen molar-refractivity contribution in [2.75, 3.05) is 0 Å².